The van der Waals surface area contributed by atoms with Gasteiger partial charge in [-0.3, -0.25) is 4.79 Å². The van der Waals surface area contributed by atoms with E-state index in [0.29, 0.717) is 17.4 Å². The van der Waals surface area contributed by atoms with Crippen LogP contribution in [0.25, 0.3) is 0 Å². The summed E-state index contributed by atoms with van der Waals surface area (Å²) >= 11 is 0. The van der Waals surface area contributed by atoms with Gasteiger partial charge in [-0.15, -0.1) is 0 Å². The summed E-state index contributed by atoms with van der Waals surface area (Å²) in [6.07, 6.45) is 11.0. The predicted octanol–water partition coefficient (Wildman–Crippen LogP) is 1.64. The lowest BCUT2D eigenvalue weighted by Gasteiger charge is -2.19. The van der Waals surface area contributed by atoms with Crippen molar-refractivity contribution in [3.63, 3.8) is 0 Å². The number of carbonyl (C=O) groups excluding carboxylic acids is 1. The smallest absolute Gasteiger partial charge is 0.253 e. The van der Waals surface area contributed by atoms with E-state index < -0.39 is 0 Å². The Labute approximate surface area is 151 Å². The summed E-state index contributed by atoms with van der Waals surface area (Å²) < 4.78 is 3.90. The van der Waals surface area contributed by atoms with Crippen molar-refractivity contribution >= 4 is 11.7 Å². The lowest BCUT2D eigenvalue weighted by molar-refractivity contribution is 0.0950. The quantitative estimate of drug-likeness (QED) is 0.705. The minimum Gasteiger partial charge on any atom is -0.354 e. The Morgan fingerprint density at radius 3 is 2.19 bits per heavy atom. The molecule has 0 bridgehead atoms. The summed E-state index contributed by atoms with van der Waals surface area (Å²) in [7, 11) is 3.89. The fraction of sp³-hybridized carbons (Fsp3) is 0.333. The molecule has 0 radical (unpaired) electrons. The van der Waals surface area contributed by atoms with Gasteiger partial charge in [-0.1, -0.05) is 0 Å². The third-order valence-corrected chi connectivity index (χ3v) is 4.46. The fourth-order valence-electron chi connectivity index (χ4n) is 2.81. The molecule has 0 saturated heterocycles. The first kappa shape index (κ1) is 16.3. The molecule has 0 unspecified atom stereocenters. The number of anilines is 1. The zero-order valence-corrected chi connectivity index (χ0v) is 14.8. The first-order valence-electron chi connectivity index (χ1n) is 8.59. The van der Waals surface area contributed by atoms with Gasteiger partial charge in [0.1, 0.15) is 23.5 Å². The van der Waals surface area contributed by atoms with Crippen LogP contribution in [0.2, 0.25) is 0 Å². The zero-order chi connectivity index (χ0) is 18.1. The van der Waals surface area contributed by atoms with Crippen molar-refractivity contribution in [1.82, 2.24) is 29.4 Å². The molecule has 3 aromatic heterocycles. The Hall–Kier alpha value is -3.16. The van der Waals surface area contributed by atoms with Crippen LogP contribution in [0.5, 0.6) is 0 Å². The third kappa shape index (κ3) is 3.30. The maximum atomic E-state index is 12.1. The van der Waals surface area contributed by atoms with Gasteiger partial charge in [-0.05, 0) is 25.0 Å². The maximum Gasteiger partial charge on any atom is 0.253 e. The van der Waals surface area contributed by atoms with Crippen molar-refractivity contribution in [2.24, 2.45) is 14.1 Å². The number of hydrogen-bond acceptors (Lipinski definition) is 5. The monoisotopic (exact) mass is 351 g/mol. The van der Waals surface area contributed by atoms with E-state index in [-0.39, 0.29) is 11.9 Å². The molecular formula is C18H21N7O. The van der Waals surface area contributed by atoms with Gasteiger partial charge in [0.15, 0.2) is 0 Å². The van der Waals surface area contributed by atoms with E-state index in [2.05, 4.69) is 25.6 Å². The molecule has 1 aliphatic rings. The molecule has 2 N–H and O–H groups in total. The largest absolute Gasteiger partial charge is 0.354 e. The van der Waals surface area contributed by atoms with Crippen molar-refractivity contribution < 1.29 is 4.79 Å². The number of aromatic nitrogens is 5. The van der Waals surface area contributed by atoms with Crippen LogP contribution in [0.4, 0.5) is 5.82 Å². The molecule has 134 valence electrons. The Kier molecular flexibility index (Phi) is 4.16. The highest BCUT2D eigenvalue weighted by molar-refractivity contribution is 5.94. The van der Waals surface area contributed by atoms with E-state index in [1.165, 1.54) is 0 Å². The first-order chi connectivity index (χ1) is 12.6. The van der Waals surface area contributed by atoms with Crippen molar-refractivity contribution in [3.8, 4) is 0 Å². The summed E-state index contributed by atoms with van der Waals surface area (Å²) in [4.78, 5) is 25.4. The average molecular weight is 351 g/mol. The van der Waals surface area contributed by atoms with Crippen molar-refractivity contribution in [3.05, 3.63) is 60.3 Å². The second-order valence-corrected chi connectivity index (χ2v) is 6.55. The molecule has 8 heteroatoms. The van der Waals surface area contributed by atoms with E-state index in [1.807, 2.05) is 35.6 Å². The molecule has 1 amide bonds. The number of nitrogens with zero attached hydrogens (tertiary/aromatic N) is 5. The molecule has 0 aromatic carbocycles. The Morgan fingerprint density at radius 2 is 1.73 bits per heavy atom. The van der Waals surface area contributed by atoms with E-state index in [4.69, 9.17) is 0 Å². The fourth-order valence-corrected chi connectivity index (χ4v) is 2.81. The number of hydrogen-bond donors (Lipinski definition) is 2. The Bertz CT molecular complexity index is 868. The van der Waals surface area contributed by atoms with Crippen LogP contribution >= 0.6 is 0 Å². The zero-order valence-electron chi connectivity index (χ0n) is 14.8. The summed E-state index contributed by atoms with van der Waals surface area (Å²) in [5, 5.41) is 6.34. The SMILES string of the molecule is Cn1ccnc1C(Nc1ccc(C(=O)NC2CC2)cn1)c1nccn1C. The minimum absolute atomic E-state index is 0.0729. The second kappa shape index (κ2) is 6.62. The highest BCUT2D eigenvalue weighted by Crippen LogP contribution is 2.23. The normalized spacial score (nSPS) is 13.8. The summed E-state index contributed by atoms with van der Waals surface area (Å²) in [6, 6.07) is 3.66. The van der Waals surface area contributed by atoms with E-state index in [1.54, 1.807) is 30.7 Å². The van der Waals surface area contributed by atoms with Gasteiger partial charge in [-0.2, -0.15) is 0 Å². The van der Waals surface area contributed by atoms with Gasteiger partial charge in [0.2, 0.25) is 0 Å². The number of pyridine rings is 1. The number of carbonyl (C=O) groups is 1. The number of rotatable bonds is 6. The molecule has 26 heavy (non-hydrogen) atoms. The number of imidazole rings is 2. The lowest BCUT2D eigenvalue weighted by atomic mass is 10.2. The Balaban J connectivity index is 1.57. The van der Waals surface area contributed by atoms with Crippen LogP contribution in [-0.4, -0.2) is 36.0 Å². The standard InChI is InChI=1S/C18H21N7O/c1-24-9-7-19-16(24)15(17-20-8-10-25(17)2)23-14-6-3-12(11-21-14)18(26)22-13-4-5-13/h3,6-11,13,15H,4-5H2,1-2H3,(H,21,23)(H,22,26). The number of nitrogens with one attached hydrogen (secondary N) is 2. The maximum absolute atomic E-state index is 12.1. The van der Waals surface area contributed by atoms with Crippen LogP contribution in [0, 0.1) is 0 Å². The highest BCUT2D eigenvalue weighted by atomic mass is 16.1. The van der Waals surface area contributed by atoms with Crippen LogP contribution in [0.1, 0.15) is 40.9 Å². The van der Waals surface area contributed by atoms with Crippen molar-refractivity contribution in [2.45, 2.75) is 24.9 Å². The molecule has 0 spiro atoms. The van der Waals surface area contributed by atoms with Gasteiger partial charge in [0.25, 0.3) is 5.91 Å². The highest BCUT2D eigenvalue weighted by Gasteiger charge is 2.25. The molecule has 4 rings (SSSR count). The molecule has 0 atom stereocenters. The van der Waals surface area contributed by atoms with E-state index in [9.17, 15) is 4.79 Å². The molecule has 8 nitrogen and oxygen atoms in total. The van der Waals surface area contributed by atoms with Crippen LogP contribution in [0.3, 0.4) is 0 Å². The minimum atomic E-state index is -0.256. The number of aryl methyl sites for hydroxylation is 2. The molecule has 1 aliphatic carbocycles. The Morgan fingerprint density at radius 1 is 1.08 bits per heavy atom. The third-order valence-electron chi connectivity index (χ3n) is 4.46. The summed E-state index contributed by atoms with van der Waals surface area (Å²) in [5.41, 5.74) is 0.563. The van der Waals surface area contributed by atoms with Gasteiger partial charge < -0.3 is 19.8 Å². The molecular weight excluding hydrogens is 330 g/mol. The van der Waals surface area contributed by atoms with Gasteiger partial charge in [0.05, 0.1) is 5.56 Å². The predicted molar refractivity (Wildman–Crippen MR) is 96.6 cm³/mol. The summed E-state index contributed by atoms with van der Waals surface area (Å²) in [6.45, 7) is 0. The van der Waals surface area contributed by atoms with E-state index >= 15 is 0 Å². The average Bonchev–Trinajstić information content (AvgIpc) is 3.18. The molecule has 1 saturated carbocycles. The molecule has 1 fully saturated rings. The number of amides is 1. The first-order valence-corrected chi connectivity index (χ1v) is 8.59. The van der Waals surface area contributed by atoms with Gasteiger partial charge in [-0.25, -0.2) is 15.0 Å². The van der Waals surface area contributed by atoms with Crippen molar-refractivity contribution in [2.75, 3.05) is 5.32 Å². The van der Waals surface area contributed by atoms with Crippen molar-refractivity contribution in [1.29, 1.82) is 0 Å². The molecule has 3 aromatic rings. The van der Waals surface area contributed by atoms with Crippen LogP contribution in [0.15, 0.2) is 43.1 Å². The van der Waals surface area contributed by atoms with E-state index in [0.717, 1.165) is 24.5 Å². The molecule has 0 aliphatic heterocycles. The van der Waals surface area contributed by atoms with Gasteiger partial charge in [0, 0.05) is 51.1 Å². The lowest BCUT2D eigenvalue weighted by Crippen LogP contribution is -2.25. The molecule has 3 heterocycles. The second-order valence-electron chi connectivity index (χ2n) is 6.55. The topological polar surface area (TPSA) is 89.7 Å². The van der Waals surface area contributed by atoms with Gasteiger partial charge >= 0.3 is 0 Å². The van der Waals surface area contributed by atoms with Crippen LogP contribution < -0.4 is 10.6 Å². The van der Waals surface area contributed by atoms with Crippen LogP contribution in [-0.2, 0) is 14.1 Å². The summed E-state index contributed by atoms with van der Waals surface area (Å²) in [5.74, 6) is 2.24.